The fourth-order valence-electron chi connectivity index (χ4n) is 3.61. The number of nitrogens with zero attached hydrogens (tertiary/aromatic N) is 1. The topological polar surface area (TPSA) is 70.7 Å². The van der Waals surface area contributed by atoms with Crippen molar-refractivity contribution in [2.75, 3.05) is 33.9 Å². The lowest BCUT2D eigenvalue weighted by molar-refractivity contribution is -0.127. The van der Waals surface area contributed by atoms with Crippen LogP contribution in [0.4, 0.5) is 0 Å². The quantitative estimate of drug-likeness (QED) is 0.690. The Morgan fingerprint density at radius 2 is 1.96 bits per heavy atom. The Balaban J connectivity index is 2.24. The Kier molecular flexibility index (Phi) is 8.58. The van der Waals surface area contributed by atoms with Gasteiger partial charge >= 0.3 is 0 Å². The fourth-order valence-corrected chi connectivity index (χ4v) is 3.61. The maximum Gasteiger partial charge on any atom is 0.267 e. The summed E-state index contributed by atoms with van der Waals surface area (Å²) >= 11 is 0. The summed E-state index contributed by atoms with van der Waals surface area (Å²) in [5, 5.41) is 5.63. The molecule has 0 spiro atoms. The molecule has 1 heterocycles. The number of fused-ring (bicyclic) bond motifs is 1. The third-order valence-electron chi connectivity index (χ3n) is 5.09. The highest BCUT2D eigenvalue weighted by atomic mass is 16.5. The number of carbonyl (C=O) groups excluding carboxylic acids is 2. The van der Waals surface area contributed by atoms with Crippen molar-refractivity contribution < 1.29 is 14.3 Å². The standard InChI is InChI=1S/C21H33N3O3/c1-4-19-21(26)23-18(20(25)22-2)15-17-10-6-5-9-16(17)11-7-13-27-14-8-12-24(19)3/h4,9-10,18H,5-8,11-15H2,1-3H3,(H,22,25)(H,23,26)/b19-4-. The van der Waals surface area contributed by atoms with E-state index >= 15 is 0 Å². The van der Waals surface area contributed by atoms with Gasteiger partial charge in [-0.05, 0) is 50.2 Å². The first-order valence-electron chi connectivity index (χ1n) is 9.93. The second-order valence-electron chi connectivity index (χ2n) is 7.05. The van der Waals surface area contributed by atoms with Gasteiger partial charge < -0.3 is 20.3 Å². The Morgan fingerprint density at radius 3 is 2.67 bits per heavy atom. The third-order valence-corrected chi connectivity index (χ3v) is 5.09. The van der Waals surface area contributed by atoms with E-state index in [1.807, 2.05) is 18.9 Å². The molecule has 27 heavy (non-hydrogen) atoms. The van der Waals surface area contributed by atoms with Crippen LogP contribution < -0.4 is 10.6 Å². The Labute approximate surface area is 162 Å². The van der Waals surface area contributed by atoms with Gasteiger partial charge in [-0.15, -0.1) is 0 Å². The number of allylic oxidation sites excluding steroid dienone is 4. The Hall–Kier alpha value is -2.08. The molecule has 2 aliphatic rings. The second-order valence-corrected chi connectivity index (χ2v) is 7.05. The molecule has 1 fully saturated rings. The van der Waals surface area contributed by atoms with Crippen LogP contribution in [0.2, 0.25) is 0 Å². The maximum absolute atomic E-state index is 12.8. The molecule has 1 atom stereocenters. The van der Waals surface area contributed by atoms with Crippen molar-refractivity contribution in [2.45, 2.75) is 51.5 Å². The number of hydrogen-bond acceptors (Lipinski definition) is 4. The summed E-state index contributed by atoms with van der Waals surface area (Å²) in [7, 11) is 3.50. The van der Waals surface area contributed by atoms with E-state index in [1.54, 1.807) is 13.1 Å². The van der Waals surface area contributed by atoms with Gasteiger partial charge in [-0.1, -0.05) is 18.2 Å². The molecule has 0 bridgehead atoms. The number of hydrogen-bond donors (Lipinski definition) is 2. The van der Waals surface area contributed by atoms with Crippen LogP contribution in [0.5, 0.6) is 0 Å². The summed E-state index contributed by atoms with van der Waals surface area (Å²) in [5.74, 6) is -0.383. The molecular formula is C21H33N3O3. The van der Waals surface area contributed by atoms with Gasteiger partial charge in [0.2, 0.25) is 5.91 Å². The van der Waals surface area contributed by atoms with Crippen LogP contribution in [0.15, 0.2) is 35.1 Å². The van der Waals surface area contributed by atoms with E-state index in [0.717, 1.165) is 45.3 Å². The molecule has 1 unspecified atom stereocenters. The smallest absolute Gasteiger partial charge is 0.267 e. The molecule has 150 valence electrons. The molecule has 2 amide bonds. The van der Waals surface area contributed by atoms with E-state index < -0.39 is 6.04 Å². The monoisotopic (exact) mass is 375 g/mol. The van der Waals surface area contributed by atoms with Crippen molar-refractivity contribution in [1.29, 1.82) is 0 Å². The van der Waals surface area contributed by atoms with Crippen LogP contribution in [0, 0.1) is 0 Å². The van der Waals surface area contributed by atoms with Gasteiger partial charge in [0.05, 0.1) is 5.70 Å². The predicted octanol–water partition coefficient (Wildman–Crippen LogP) is 2.29. The summed E-state index contributed by atoms with van der Waals surface area (Å²) in [6.45, 7) is 4.00. The summed E-state index contributed by atoms with van der Waals surface area (Å²) in [4.78, 5) is 27.2. The van der Waals surface area contributed by atoms with Crippen molar-refractivity contribution in [2.24, 2.45) is 0 Å². The minimum atomic E-state index is -0.583. The minimum absolute atomic E-state index is 0.167. The largest absolute Gasteiger partial charge is 0.381 e. The lowest BCUT2D eigenvalue weighted by Gasteiger charge is -2.25. The van der Waals surface area contributed by atoms with Crippen LogP contribution in [-0.4, -0.2) is 56.6 Å². The van der Waals surface area contributed by atoms with Gasteiger partial charge in [-0.25, -0.2) is 0 Å². The molecular weight excluding hydrogens is 342 g/mol. The molecule has 6 heteroatoms. The molecule has 0 aromatic heterocycles. The summed E-state index contributed by atoms with van der Waals surface area (Å²) in [6, 6.07) is -0.583. The van der Waals surface area contributed by atoms with E-state index in [2.05, 4.69) is 22.8 Å². The van der Waals surface area contributed by atoms with E-state index in [0.29, 0.717) is 18.7 Å². The van der Waals surface area contributed by atoms with Crippen molar-refractivity contribution in [3.8, 4) is 0 Å². The molecule has 1 saturated heterocycles. The van der Waals surface area contributed by atoms with Gasteiger partial charge in [0.1, 0.15) is 6.04 Å². The highest BCUT2D eigenvalue weighted by Crippen LogP contribution is 2.27. The first-order chi connectivity index (χ1) is 13.1. The SMILES string of the molecule is C/C=C1/C(=O)NC(C(=O)NC)CC2=CCCC=C2CCCOCCCN1C. The molecule has 0 saturated carbocycles. The maximum atomic E-state index is 12.8. The number of nitrogens with one attached hydrogen (secondary N) is 2. The molecule has 6 nitrogen and oxygen atoms in total. The number of amides is 2. The summed E-state index contributed by atoms with van der Waals surface area (Å²) in [5.41, 5.74) is 3.03. The highest BCUT2D eigenvalue weighted by molar-refractivity contribution is 5.96. The molecule has 0 radical (unpaired) electrons. The second kappa shape index (κ2) is 10.9. The normalized spacial score (nSPS) is 24.7. The van der Waals surface area contributed by atoms with Crippen LogP contribution in [0.25, 0.3) is 0 Å². The van der Waals surface area contributed by atoms with E-state index in [1.165, 1.54) is 11.1 Å². The van der Waals surface area contributed by atoms with E-state index in [4.69, 9.17) is 4.74 Å². The predicted molar refractivity (Wildman–Crippen MR) is 107 cm³/mol. The lowest BCUT2D eigenvalue weighted by atomic mass is 9.89. The zero-order chi connectivity index (χ0) is 19.6. The molecule has 1 aliphatic carbocycles. The molecule has 2 N–H and O–H groups in total. The highest BCUT2D eigenvalue weighted by Gasteiger charge is 2.25. The van der Waals surface area contributed by atoms with Gasteiger partial charge in [0, 0.05) is 40.3 Å². The van der Waals surface area contributed by atoms with Gasteiger partial charge in [0.15, 0.2) is 0 Å². The Morgan fingerprint density at radius 1 is 1.26 bits per heavy atom. The fraction of sp³-hybridized carbons (Fsp3) is 0.619. The first-order valence-corrected chi connectivity index (χ1v) is 9.93. The van der Waals surface area contributed by atoms with Gasteiger partial charge in [-0.2, -0.15) is 0 Å². The van der Waals surface area contributed by atoms with Crippen LogP contribution in [0.3, 0.4) is 0 Å². The van der Waals surface area contributed by atoms with Crippen LogP contribution in [0.1, 0.15) is 45.4 Å². The lowest BCUT2D eigenvalue weighted by Crippen LogP contribution is -2.48. The molecule has 0 aromatic carbocycles. The van der Waals surface area contributed by atoms with E-state index in [9.17, 15) is 9.59 Å². The first kappa shape index (κ1) is 21.2. The number of likely N-dealkylation sites (N-methyl/N-ethyl adjacent to an activating group) is 2. The van der Waals surface area contributed by atoms with Crippen molar-refractivity contribution >= 4 is 11.8 Å². The average molecular weight is 376 g/mol. The van der Waals surface area contributed by atoms with Crippen molar-refractivity contribution in [3.05, 3.63) is 35.1 Å². The average Bonchev–Trinajstić information content (AvgIpc) is 2.67. The molecule has 1 aliphatic heterocycles. The number of ether oxygens (including phenoxy) is 1. The molecule has 0 aromatic rings. The third kappa shape index (κ3) is 6.24. The summed E-state index contributed by atoms with van der Waals surface area (Å²) in [6.07, 6.45) is 11.6. The van der Waals surface area contributed by atoms with Gasteiger partial charge in [0.25, 0.3) is 5.91 Å². The van der Waals surface area contributed by atoms with E-state index in [-0.39, 0.29) is 11.8 Å². The number of carbonyl (C=O) groups is 2. The van der Waals surface area contributed by atoms with Crippen LogP contribution in [-0.2, 0) is 14.3 Å². The minimum Gasteiger partial charge on any atom is -0.381 e. The van der Waals surface area contributed by atoms with Crippen molar-refractivity contribution in [1.82, 2.24) is 15.5 Å². The molecule has 2 rings (SSSR count). The van der Waals surface area contributed by atoms with Gasteiger partial charge in [-0.3, -0.25) is 9.59 Å². The zero-order valence-corrected chi connectivity index (χ0v) is 16.8. The van der Waals surface area contributed by atoms with Crippen LogP contribution >= 0.6 is 0 Å². The zero-order valence-electron chi connectivity index (χ0n) is 16.8. The number of rotatable bonds is 1. The summed E-state index contributed by atoms with van der Waals surface area (Å²) < 4.78 is 5.75. The Bertz CT molecular complexity index is 622. The van der Waals surface area contributed by atoms with Crippen molar-refractivity contribution in [3.63, 3.8) is 0 Å².